The number of carboxylic acid groups (broad SMARTS) is 1. The molecule has 2 fully saturated rings. The third kappa shape index (κ3) is 1.57. The lowest BCUT2D eigenvalue weighted by atomic mass is 9.65. The first-order chi connectivity index (χ1) is 6.18. The van der Waals surface area contributed by atoms with Gasteiger partial charge in [0.05, 0.1) is 5.92 Å². The molecule has 0 saturated heterocycles. The van der Waals surface area contributed by atoms with Gasteiger partial charge in [-0.05, 0) is 37.5 Å². The Hall–Kier alpha value is -0.570. The van der Waals surface area contributed by atoms with Crippen molar-refractivity contribution >= 4 is 5.97 Å². The predicted octanol–water partition coefficient (Wildman–Crippen LogP) is 1.22. The zero-order valence-electron chi connectivity index (χ0n) is 7.78. The molecule has 13 heavy (non-hydrogen) atoms. The third-order valence-electron chi connectivity index (χ3n) is 3.76. The fourth-order valence-corrected chi connectivity index (χ4v) is 2.99. The quantitative estimate of drug-likeness (QED) is 0.642. The average Bonchev–Trinajstić information content (AvgIpc) is 2.02. The molecule has 2 aliphatic carbocycles. The molecule has 0 aliphatic heterocycles. The van der Waals surface area contributed by atoms with Crippen LogP contribution >= 0.6 is 0 Å². The van der Waals surface area contributed by atoms with Crippen LogP contribution in [0.1, 0.15) is 32.1 Å². The normalized spacial score (nSPS) is 44.4. The zero-order chi connectivity index (χ0) is 9.42. The van der Waals surface area contributed by atoms with Crippen LogP contribution in [0.3, 0.4) is 0 Å². The molecule has 0 spiro atoms. The number of nitrogens with two attached hydrogens (primary N) is 1. The molecule has 2 atom stereocenters. The van der Waals surface area contributed by atoms with E-state index in [0.717, 1.165) is 25.7 Å². The fourth-order valence-electron chi connectivity index (χ4n) is 2.99. The van der Waals surface area contributed by atoms with Crippen molar-refractivity contribution in [3.63, 3.8) is 0 Å². The van der Waals surface area contributed by atoms with Crippen LogP contribution in [-0.2, 0) is 4.79 Å². The molecular formula is C10H17NO2. The Morgan fingerprint density at radius 2 is 1.77 bits per heavy atom. The van der Waals surface area contributed by atoms with Crippen LogP contribution in [0.2, 0.25) is 0 Å². The first-order valence-corrected chi connectivity index (χ1v) is 5.17. The van der Waals surface area contributed by atoms with Crippen molar-refractivity contribution < 1.29 is 9.90 Å². The van der Waals surface area contributed by atoms with Crippen LogP contribution in [0.25, 0.3) is 0 Å². The molecule has 2 rings (SSSR count). The molecule has 0 heterocycles. The Kier molecular flexibility index (Phi) is 2.28. The molecule has 2 bridgehead atoms. The van der Waals surface area contributed by atoms with Gasteiger partial charge < -0.3 is 10.8 Å². The van der Waals surface area contributed by atoms with Gasteiger partial charge in [-0.25, -0.2) is 0 Å². The Balaban J connectivity index is 2.07. The van der Waals surface area contributed by atoms with Gasteiger partial charge in [0.2, 0.25) is 0 Å². The second-order valence-corrected chi connectivity index (χ2v) is 4.53. The maximum absolute atomic E-state index is 10.9. The highest BCUT2D eigenvalue weighted by molar-refractivity contribution is 5.70. The Morgan fingerprint density at radius 1 is 1.23 bits per heavy atom. The molecule has 3 heteroatoms. The van der Waals surface area contributed by atoms with Crippen molar-refractivity contribution in [2.45, 2.75) is 38.1 Å². The summed E-state index contributed by atoms with van der Waals surface area (Å²) in [6.45, 7) is 0. The number of rotatable bonds is 1. The third-order valence-corrected chi connectivity index (χ3v) is 3.76. The van der Waals surface area contributed by atoms with E-state index in [4.69, 9.17) is 10.8 Å². The lowest BCUT2D eigenvalue weighted by Crippen LogP contribution is -2.47. The first-order valence-electron chi connectivity index (χ1n) is 5.17. The molecule has 0 amide bonds. The summed E-state index contributed by atoms with van der Waals surface area (Å²) in [4.78, 5) is 10.9. The van der Waals surface area contributed by atoms with Gasteiger partial charge in [0, 0.05) is 6.04 Å². The molecule has 0 aromatic rings. The van der Waals surface area contributed by atoms with Crippen molar-refractivity contribution in [2.24, 2.45) is 23.5 Å². The first kappa shape index (κ1) is 9.00. The fraction of sp³-hybridized carbons (Fsp3) is 0.900. The molecule has 2 aliphatic rings. The second kappa shape index (κ2) is 3.29. The number of hydrogen-bond donors (Lipinski definition) is 2. The van der Waals surface area contributed by atoms with Crippen LogP contribution in [-0.4, -0.2) is 17.1 Å². The smallest absolute Gasteiger partial charge is 0.306 e. The molecular weight excluding hydrogens is 166 g/mol. The molecule has 0 radical (unpaired) electrons. The van der Waals surface area contributed by atoms with Crippen molar-refractivity contribution in [2.75, 3.05) is 0 Å². The van der Waals surface area contributed by atoms with Gasteiger partial charge >= 0.3 is 5.97 Å². The lowest BCUT2D eigenvalue weighted by Gasteiger charge is -2.42. The number of aliphatic carboxylic acids is 1. The predicted molar refractivity (Wildman–Crippen MR) is 49.2 cm³/mol. The van der Waals surface area contributed by atoms with Gasteiger partial charge in [-0.1, -0.05) is 6.42 Å². The van der Waals surface area contributed by atoms with Gasteiger partial charge in [0.15, 0.2) is 0 Å². The van der Waals surface area contributed by atoms with E-state index in [1.54, 1.807) is 0 Å². The number of hydrogen-bond acceptors (Lipinski definition) is 2. The van der Waals surface area contributed by atoms with Crippen LogP contribution in [0.15, 0.2) is 0 Å². The van der Waals surface area contributed by atoms with E-state index in [1.807, 2.05) is 0 Å². The standard InChI is InChI=1S/C10H17NO2/c11-9-6-2-1-3-7(9)5-8(4-6)10(12)13/h6-9H,1-5,11H2,(H,12,13)/t6-,7-,8?,9?/m0/s1. The number of carbonyl (C=O) groups is 1. The Bertz CT molecular complexity index is 203. The molecule has 3 nitrogen and oxygen atoms in total. The zero-order valence-corrected chi connectivity index (χ0v) is 7.78. The van der Waals surface area contributed by atoms with Crippen molar-refractivity contribution in [3.8, 4) is 0 Å². The molecule has 74 valence electrons. The lowest BCUT2D eigenvalue weighted by molar-refractivity contribution is -0.144. The number of fused-ring (bicyclic) bond motifs is 2. The summed E-state index contributed by atoms with van der Waals surface area (Å²) in [7, 11) is 0. The minimum Gasteiger partial charge on any atom is -0.481 e. The van der Waals surface area contributed by atoms with E-state index < -0.39 is 5.97 Å². The van der Waals surface area contributed by atoms with Crippen LogP contribution in [0.5, 0.6) is 0 Å². The van der Waals surface area contributed by atoms with E-state index in [2.05, 4.69) is 0 Å². The summed E-state index contributed by atoms with van der Waals surface area (Å²) in [6.07, 6.45) is 5.15. The summed E-state index contributed by atoms with van der Waals surface area (Å²) in [6, 6.07) is 0.282. The minimum atomic E-state index is -0.621. The topological polar surface area (TPSA) is 63.3 Å². The monoisotopic (exact) mass is 183 g/mol. The Morgan fingerprint density at radius 3 is 2.23 bits per heavy atom. The molecule has 0 aromatic carbocycles. The summed E-state index contributed by atoms with van der Waals surface area (Å²) in [5, 5.41) is 8.94. The second-order valence-electron chi connectivity index (χ2n) is 4.53. The van der Waals surface area contributed by atoms with Gasteiger partial charge in [-0.2, -0.15) is 0 Å². The van der Waals surface area contributed by atoms with Crippen LogP contribution in [0, 0.1) is 17.8 Å². The SMILES string of the molecule is NC1[C@H]2CCC[C@H]1CC(C(=O)O)C2. The highest BCUT2D eigenvalue weighted by Gasteiger charge is 2.40. The average molecular weight is 183 g/mol. The maximum Gasteiger partial charge on any atom is 0.306 e. The van der Waals surface area contributed by atoms with Gasteiger partial charge in [0.25, 0.3) is 0 Å². The molecule has 2 saturated carbocycles. The van der Waals surface area contributed by atoms with Crippen molar-refractivity contribution in [1.29, 1.82) is 0 Å². The van der Waals surface area contributed by atoms with E-state index in [0.29, 0.717) is 11.8 Å². The summed E-state index contributed by atoms with van der Waals surface area (Å²) in [5.74, 6) is 0.223. The number of carboxylic acids is 1. The Labute approximate surface area is 78.3 Å². The van der Waals surface area contributed by atoms with E-state index in [-0.39, 0.29) is 12.0 Å². The maximum atomic E-state index is 10.9. The summed E-state index contributed by atoms with van der Waals surface area (Å²) < 4.78 is 0. The summed E-state index contributed by atoms with van der Waals surface area (Å²) in [5.41, 5.74) is 6.05. The van der Waals surface area contributed by atoms with Crippen molar-refractivity contribution in [1.82, 2.24) is 0 Å². The van der Waals surface area contributed by atoms with Gasteiger partial charge in [-0.15, -0.1) is 0 Å². The van der Waals surface area contributed by atoms with E-state index >= 15 is 0 Å². The van der Waals surface area contributed by atoms with Gasteiger partial charge in [-0.3, -0.25) is 4.79 Å². The van der Waals surface area contributed by atoms with E-state index in [1.165, 1.54) is 6.42 Å². The highest BCUT2D eigenvalue weighted by Crippen LogP contribution is 2.41. The highest BCUT2D eigenvalue weighted by atomic mass is 16.4. The molecule has 0 aromatic heterocycles. The molecule has 0 unspecified atom stereocenters. The van der Waals surface area contributed by atoms with Crippen molar-refractivity contribution in [3.05, 3.63) is 0 Å². The van der Waals surface area contributed by atoms with Gasteiger partial charge in [0.1, 0.15) is 0 Å². The van der Waals surface area contributed by atoms with Crippen LogP contribution in [0.4, 0.5) is 0 Å². The molecule has 3 N–H and O–H groups in total. The van der Waals surface area contributed by atoms with E-state index in [9.17, 15) is 4.79 Å². The summed E-state index contributed by atoms with van der Waals surface area (Å²) >= 11 is 0. The minimum absolute atomic E-state index is 0.116. The van der Waals surface area contributed by atoms with Crippen LogP contribution < -0.4 is 5.73 Å². The largest absolute Gasteiger partial charge is 0.481 e.